The summed E-state index contributed by atoms with van der Waals surface area (Å²) in [6.07, 6.45) is 2.74. The third-order valence-corrected chi connectivity index (χ3v) is 3.38. The molecule has 78 valence electrons. The summed E-state index contributed by atoms with van der Waals surface area (Å²) in [5.74, 6) is 0. The molecule has 0 radical (unpaired) electrons. The first kappa shape index (κ1) is 10.1. The van der Waals surface area contributed by atoms with Gasteiger partial charge in [0.1, 0.15) is 0 Å². The lowest BCUT2D eigenvalue weighted by molar-refractivity contribution is 0.610. The Labute approximate surface area is 88.9 Å². The van der Waals surface area contributed by atoms with Crippen LogP contribution in [0.5, 0.6) is 0 Å². The van der Waals surface area contributed by atoms with E-state index in [2.05, 4.69) is 22.5 Å². The molecule has 2 rings (SSSR count). The third kappa shape index (κ3) is 3.04. The van der Waals surface area contributed by atoms with Crippen LogP contribution in [0.3, 0.4) is 0 Å². The monoisotopic (exact) mass is 211 g/mol. The second-order valence-corrected chi connectivity index (χ2v) is 4.71. The number of aryl methyl sites for hydroxylation is 1. The van der Waals surface area contributed by atoms with Gasteiger partial charge in [0, 0.05) is 30.6 Å². The first-order chi connectivity index (χ1) is 6.86. The standard InChI is InChI=1S/C10H17N3S/c1-8-10(14-7-13-8)6-11-4-5-12-9-2-3-9/h7,9,11-12H,2-6H2,1H3. The van der Waals surface area contributed by atoms with Crippen LogP contribution in [0.25, 0.3) is 0 Å². The van der Waals surface area contributed by atoms with Gasteiger partial charge in [0.15, 0.2) is 0 Å². The number of hydrogen-bond donors (Lipinski definition) is 2. The quantitative estimate of drug-likeness (QED) is 0.696. The van der Waals surface area contributed by atoms with E-state index >= 15 is 0 Å². The van der Waals surface area contributed by atoms with Crippen molar-refractivity contribution < 1.29 is 0 Å². The second kappa shape index (κ2) is 4.87. The topological polar surface area (TPSA) is 37.0 Å². The molecule has 0 aromatic carbocycles. The minimum atomic E-state index is 0.821. The van der Waals surface area contributed by atoms with E-state index in [1.807, 2.05) is 5.51 Å². The van der Waals surface area contributed by atoms with Gasteiger partial charge in [0.2, 0.25) is 0 Å². The van der Waals surface area contributed by atoms with Crippen molar-refractivity contribution in [3.05, 3.63) is 16.1 Å². The van der Waals surface area contributed by atoms with Crippen molar-refractivity contribution in [2.24, 2.45) is 0 Å². The lowest BCUT2D eigenvalue weighted by Gasteiger charge is -2.04. The number of rotatable bonds is 6. The molecule has 1 saturated carbocycles. The molecule has 0 bridgehead atoms. The molecule has 1 fully saturated rings. The van der Waals surface area contributed by atoms with Gasteiger partial charge in [-0.15, -0.1) is 11.3 Å². The summed E-state index contributed by atoms with van der Waals surface area (Å²) in [5, 5.41) is 6.90. The van der Waals surface area contributed by atoms with Gasteiger partial charge in [-0.25, -0.2) is 4.98 Å². The zero-order valence-corrected chi connectivity index (χ0v) is 9.36. The van der Waals surface area contributed by atoms with Gasteiger partial charge in [-0.05, 0) is 19.8 Å². The van der Waals surface area contributed by atoms with Crippen molar-refractivity contribution in [1.29, 1.82) is 0 Å². The van der Waals surface area contributed by atoms with E-state index in [9.17, 15) is 0 Å². The Bertz CT molecular complexity index is 281. The largest absolute Gasteiger partial charge is 0.313 e. The van der Waals surface area contributed by atoms with Crippen LogP contribution in [0, 0.1) is 6.92 Å². The van der Waals surface area contributed by atoms with Crippen LogP contribution >= 0.6 is 11.3 Å². The van der Waals surface area contributed by atoms with Crippen molar-refractivity contribution in [1.82, 2.24) is 15.6 Å². The normalized spacial score (nSPS) is 16.1. The molecule has 0 unspecified atom stereocenters. The zero-order valence-electron chi connectivity index (χ0n) is 8.55. The maximum atomic E-state index is 4.22. The van der Waals surface area contributed by atoms with Crippen LogP contribution in [0.1, 0.15) is 23.4 Å². The number of aromatic nitrogens is 1. The average molecular weight is 211 g/mol. The van der Waals surface area contributed by atoms with Gasteiger partial charge in [-0.2, -0.15) is 0 Å². The molecule has 14 heavy (non-hydrogen) atoms. The van der Waals surface area contributed by atoms with Gasteiger partial charge in [-0.1, -0.05) is 0 Å². The van der Waals surface area contributed by atoms with Gasteiger partial charge < -0.3 is 10.6 Å². The van der Waals surface area contributed by atoms with Crippen LogP contribution in [0.4, 0.5) is 0 Å². The van der Waals surface area contributed by atoms with Crippen LogP contribution in [-0.2, 0) is 6.54 Å². The van der Waals surface area contributed by atoms with Gasteiger partial charge in [0.05, 0.1) is 11.2 Å². The lowest BCUT2D eigenvalue weighted by atomic mass is 10.4. The van der Waals surface area contributed by atoms with E-state index in [1.165, 1.54) is 17.7 Å². The highest BCUT2D eigenvalue weighted by atomic mass is 32.1. The molecule has 1 aliphatic rings. The van der Waals surface area contributed by atoms with Crippen molar-refractivity contribution in [2.45, 2.75) is 32.4 Å². The van der Waals surface area contributed by atoms with Crippen molar-refractivity contribution in [2.75, 3.05) is 13.1 Å². The molecule has 1 heterocycles. The predicted octanol–water partition coefficient (Wildman–Crippen LogP) is 1.29. The Balaban J connectivity index is 1.56. The number of hydrogen-bond acceptors (Lipinski definition) is 4. The van der Waals surface area contributed by atoms with E-state index in [0.717, 1.165) is 31.4 Å². The van der Waals surface area contributed by atoms with Crippen molar-refractivity contribution >= 4 is 11.3 Å². The van der Waals surface area contributed by atoms with Gasteiger partial charge >= 0.3 is 0 Å². The number of thiazole rings is 1. The average Bonchev–Trinajstić information content (AvgIpc) is 2.91. The van der Waals surface area contributed by atoms with E-state index in [1.54, 1.807) is 11.3 Å². The fourth-order valence-electron chi connectivity index (χ4n) is 1.35. The lowest BCUT2D eigenvalue weighted by Crippen LogP contribution is -2.28. The van der Waals surface area contributed by atoms with Crippen LogP contribution in [0.2, 0.25) is 0 Å². The molecule has 2 N–H and O–H groups in total. The Morgan fingerprint density at radius 2 is 2.36 bits per heavy atom. The van der Waals surface area contributed by atoms with Crippen LogP contribution in [0.15, 0.2) is 5.51 Å². The third-order valence-electron chi connectivity index (χ3n) is 2.44. The highest BCUT2D eigenvalue weighted by Crippen LogP contribution is 2.17. The number of nitrogens with one attached hydrogen (secondary N) is 2. The van der Waals surface area contributed by atoms with E-state index < -0.39 is 0 Å². The number of nitrogens with zero attached hydrogens (tertiary/aromatic N) is 1. The Morgan fingerprint density at radius 3 is 3.00 bits per heavy atom. The predicted molar refractivity (Wildman–Crippen MR) is 59.6 cm³/mol. The zero-order chi connectivity index (χ0) is 9.80. The molecule has 0 amide bonds. The molecular weight excluding hydrogens is 194 g/mol. The Kier molecular flexibility index (Phi) is 3.50. The van der Waals surface area contributed by atoms with Gasteiger partial charge in [0.25, 0.3) is 0 Å². The smallest absolute Gasteiger partial charge is 0.0798 e. The molecule has 3 nitrogen and oxygen atoms in total. The molecule has 0 saturated heterocycles. The summed E-state index contributed by atoms with van der Waals surface area (Å²) < 4.78 is 0. The fraction of sp³-hybridized carbons (Fsp3) is 0.700. The van der Waals surface area contributed by atoms with Crippen LogP contribution in [-0.4, -0.2) is 24.1 Å². The Hall–Kier alpha value is -0.450. The first-order valence-corrected chi connectivity index (χ1v) is 6.07. The highest BCUT2D eigenvalue weighted by molar-refractivity contribution is 7.09. The summed E-state index contributed by atoms with van der Waals surface area (Å²) in [6.45, 7) is 5.16. The highest BCUT2D eigenvalue weighted by Gasteiger charge is 2.19. The molecule has 0 aliphatic heterocycles. The minimum Gasteiger partial charge on any atom is -0.313 e. The maximum absolute atomic E-state index is 4.22. The first-order valence-electron chi connectivity index (χ1n) is 5.19. The molecule has 0 atom stereocenters. The second-order valence-electron chi connectivity index (χ2n) is 3.77. The summed E-state index contributed by atoms with van der Waals surface area (Å²) in [6, 6.07) is 0.821. The summed E-state index contributed by atoms with van der Waals surface area (Å²) >= 11 is 1.73. The molecule has 1 aromatic heterocycles. The minimum absolute atomic E-state index is 0.821. The Morgan fingerprint density at radius 1 is 1.50 bits per heavy atom. The SMILES string of the molecule is Cc1ncsc1CNCCNC1CC1. The van der Waals surface area contributed by atoms with Gasteiger partial charge in [-0.3, -0.25) is 0 Å². The van der Waals surface area contributed by atoms with E-state index in [4.69, 9.17) is 0 Å². The summed E-state index contributed by atoms with van der Waals surface area (Å²) in [5.41, 5.74) is 3.08. The van der Waals surface area contributed by atoms with E-state index in [-0.39, 0.29) is 0 Å². The molecule has 4 heteroatoms. The molecule has 0 spiro atoms. The molecular formula is C10H17N3S. The van der Waals surface area contributed by atoms with Crippen LogP contribution < -0.4 is 10.6 Å². The summed E-state index contributed by atoms with van der Waals surface area (Å²) in [7, 11) is 0. The maximum Gasteiger partial charge on any atom is 0.0798 e. The van der Waals surface area contributed by atoms with Crippen molar-refractivity contribution in [3.8, 4) is 0 Å². The molecule has 1 aliphatic carbocycles. The van der Waals surface area contributed by atoms with Crippen molar-refractivity contribution in [3.63, 3.8) is 0 Å². The summed E-state index contributed by atoms with van der Waals surface area (Å²) in [4.78, 5) is 5.57. The van der Waals surface area contributed by atoms with E-state index in [0.29, 0.717) is 0 Å². The fourth-order valence-corrected chi connectivity index (χ4v) is 2.10. The molecule has 1 aromatic rings.